The van der Waals surface area contributed by atoms with Crippen LogP contribution in [0.15, 0.2) is 18.4 Å². The second-order valence-corrected chi connectivity index (χ2v) is 1.62. The van der Waals surface area contributed by atoms with Crippen LogP contribution in [-0.4, -0.2) is 22.2 Å². The van der Waals surface area contributed by atoms with Crippen molar-refractivity contribution < 1.29 is 18.3 Å². The fraction of sp³-hybridized carbons (Fsp3) is 0.167. The Hall–Kier alpha value is -0.865. The zero-order chi connectivity index (χ0) is 12.7. The minimum atomic E-state index is -2.79. The molecule has 0 atom stereocenters. The van der Waals surface area contributed by atoms with Crippen LogP contribution in [-0.2, 0) is 0 Å². The second-order valence-electron chi connectivity index (χ2n) is 1.62. The summed E-state index contributed by atoms with van der Waals surface area (Å²) in [6.07, 6.45) is -1.41. The molecule has 0 spiro atoms. The van der Waals surface area contributed by atoms with Crippen LogP contribution < -0.4 is 5.46 Å². The molecule has 52 valence electrons. The summed E-state index contributed by atoms with van der Waals surface area (Å²) in [5.74, 6) is 0. The highest BCUT2D eigenvalue weighted by atomic mass is 16.4. The van der Waals surface area contributed by atoms with Gasteiger partial charge in [-0.3, -0.25) is 4.98 Å². The molecule has 1 heterocycles. The van der Waals surface area contributed by atoms with Crippen molar-refractivity contribution >= 4 is 12.6 Å². The molecule has 0 fully saturated rings. The maximum absolute atomic E-state index is 8.99. The smallest absolute Gasteiger partial charge is 0.423 e. The van der Waals surface area contributed by atoms with Gasteiger partial charge in [0.25, 0.3) is 0 Å². The van der Waals surface area contributed by atoms with Crippen molar-refractivity contribution in [2.45, 2.75) is 6.85 Å². The van der Waals surface area contributed by atoms with Crippen molar-refractivity contribution in [3.8, 4) is 0 Å². The summed E-state index contributed by atoms with van der Waals surface area (Å²) < 4.78 is 43.2. The predicted octanol–water partition coefficient (Wildman–Crippen LogP) is -0.930. The normalized spacial score (nSPS) is 19.4. The average Bonchev–Trinajstić information content (AvgIpc) is 2.07. The molecule has 2 N–H and O–H groups in total. The van der Waals surface area contributed by atoms with E-state index in [1.54, 1.807) is 0 Å². The Morgan fingerprint density at radius 2 is 2.60 bits per heavy atom. The van der Waals surface area contributed by atoms with Crippen molar-refractivity contribution in [1.29, 1.82) is 0 Å². The van der Waals surface area contributed by atoms with Gasteiger partial charge in [-0.15, -0.1) is 0 Å². The lowest BCUT2D eigenvalue weighted by atomic mass is 9.78. The Kier molecular flexibility index (Phi) is 0.742. The van der Waals surface area contributed by atoms with Crippen LogP contribution in [0.3, 0.4) is 0 Å². The molecule has 3 nitrogen and oxygen atoms in total. The Morgan fingerprint density at radius 3 is 3.20 bits per heavy atom. The molecule has 4 heteroatoms. The number of rotatable bonds is 1. The molecule has 0 bridgehead atoms. The third-order valence-corrected chi connectivity index (χ3v) is 0.942. The zero-order valence-electron chi connectivity index (χ0n) is 10.9. The second kappa shape index (κ2) is 2.81. The van der Waals surface area contributed by atoms with Crippen LogP contribution in [0.25, 0.3) is 0 Å². The first kappa shape index (κ1) is 2.64. The van der Waals surface area contributed by atoms with E-state index in [2.05, 4.69) is 4.98 Å². The molecule has 0 aliphatic rings. The molecule has 0 amide bonds. The Labute approximate surface area is 67.9 Å². The fourth-order valence-corrected chi connectivity index (χ4v) is 0.488. The highest BCUT2D eigenvalue weighted by Crippen LogP contribution is 1.89. The molecule has 0 aromatic carbocycles. The van der Waals surface area contributed by atoms with E-state index in [1.807, 2.05) is 0 Å². The van der Waals surface area contributed by atoms with Crippen molar-refractivity contribution in [2.24, 2.45) is 0 Å². The lowest BCUT2D eigenvalue weighted by Crippen LogP contribution is -2.31. The van der Waals surface area contributed by atoms with Crippen molar-refractivity contribution in [3.05, 3.63) is 24.0 Å². The van der Waals surface area contributed by atoms with E-state index in [-0.39, 0.29) is 0 Å². The van der Waals surface area contributed by atoms with Crippen molar-refractivity contribution in [3.63, 3.8) is 0 Å². The number of pyridine rings is 1. The first-order chi connectivity index (χ1) is 7.16. The predicted molar refractivity (Wildman–Crippen MR) is 38.8 cm³/mol. The molecule has 1 aromatic rings. The van der Waals surface area contributed by atoms with Crippen LogP contribution in [0.2, 0.25) is 0 Å². The Balaban J connectivity index is 3.65. The van der Waals surface area contributed by atoms with E-state index in [1.165, 1.54) is 0 Å². The SMILES string of the molecule is [2H]c1nc([2H])c(C([2H])([2H])[2H])c(B(O)O)c1[2H]. The molecular weight excluding hydrogens is 129 g/mol. The third-order valence-electron chi connectivity index (χ3n) is 0.942. The van der Waals surface area contributed by atoms with Gasteiger partial charge in [-0.1, -0.05) is 0 Å². The van der Waals surface area contributed by atoms with Crippen LogP contribution >= 0.6 is 0 Å². The minimum Gasteiger partial charge on any atom is -0.423 e. The van der Waals surface area contributed by atoms with Crippen LogP contribution in [0, 0.1) is 6.85 Å². The number of nitrogens with zero attached hydrogens (tertiary/aromatic N) is 1. The summed E-state index contributed by atoms with van der Waals surface area (Å²) in [5, 5.41) is 18.0. The molecule has 1 rings (SSSR count). The van der Waals surface area contributed by atoms with Crippen LogP contribution in [0.5, 0.6) is 0 Å². The van der Waals surface area contributed by atoms with Gasteiger partial charge >= 0.3 is 7.12 Å². The first-order valence-electron chi connectivity index (χ1n) is 5.50. The first-order valence-corrected chi connectivity index (χ1v) is 2.50. The molecule has 10 heavy (non-hydrogen) atoms. The molecule has 0 unspecified atom stereocenters. The topological polar surface area (TPSA) is 53.4 Å². The molecule has 0 aliphatic carbocycles. The van der Waals surface area contributed by atoms with Crippen molar-refractivity contribution in [1.82, 2.24) is 4.98 Å². The summed E-state index contributed by atoms with van der Waals surface area (Å²) in [6.45, 7) is -2.79. The van der Waals surface area contributed by atoms with Gasteiger partial charge in [0, 0.05) is 16.5 Å². The van der Waals surface area contributed by atoms with Gasteiger partial charge in [-0.05, 0) is 23.9 Å². The monoisotopic (exact) mass is 143 g/mol. The number of aromatic nitrogens is 1. The lowest BCUT2D eigenvalue weighted by Gasteiger charge is -2.00. The Morgan fingerprint density at radius 1 is 1.80 bits per heavy atom. The fourth-order valence-electron chi connectivity index (χ4n) is 0.488. The standard InChI is InChI=1S/C6H8BNO2/c1-5-4-8-3-2-6(5)7(9)10/h2-4,9-10H,1H3/i1D3,2D,3D,4D. The van der Waals surface area contributed by atoms with Gasteiger partial charge < -0.3 is 10.0 Å². The quantitative estimate of drug-likeness (QED) is 0.499. The molecular formula is C6H8BNO2. The summed E-state index contributed by atoms with van der Waals surface area (Å²) in [6, 6.07) is -0.697. The lowest BCUT2D eigenvalue weighted by molar-refractivity contribution is 0.425. The molecule has 0 saturated heterocycles. The Bertz CT molecular complexity index is 420. The number of hydrogen-bond donors (Lipinski definition) is 2. The molecule has 0 aliphatic heterocycles. The summed E-state index contributed by atoms with van der Waals surface area (Å²) >= 11 is 0. The van der Waals surface area contributed by atoms with Gasteiger partial charge in [0.05, 0.1) is 4.11 Å². The molecule has 0 saturated carbocycles. The molecule has 0 radical (unpaired) electrons. The van der Waals surface area contributed by atoms with Crippen molar-refractivity contribution in [2.75, 3.05) is 0 Å². The maximum Gasteiger partial charge on any atom is 0.488 e. The largest absolute Gasteiger partial charge is 0.488 e. The van der Waals surface area contributed by atoms with E-state index < -0.39 is 43.4 Å². The van der Waals surface area contributed by atoms with E-state index in [4.69, 9.17) is 18.3 Å². The van der Waals surface area contributed by atoms with E-state index in [0.29, 0.717) is 0 Å². The van der Waals surface area contributed by atoms with Crippen LogP contribution in [0.4, 0.5) is 0 Å². The number of hydrogen-bond acceptors (Lipinski definition) is 3. The summed E-state index contributed by atoms with van der Waals surface area (Å²) in [4.78, 5) is 3.25. The van der Waals surface area contributed by atoms with Gasteiger partial charge in [0.1, 0.15) is 0 Å². The van der Waals surface area contributed by atoms with Gasteiger partial charge in [0.15, 0.2) is 0 Å². The third kappa shape index (κ3) is 1.34. The van der Waals surface area contributed by atoms with Crippen LogP contribution in [0.1, 0.15) is 13.8 Å². The van der Waals surface area contributed by atoms with Gasteiger partial charge in [0.2, 0.25) is 0 Å². The summed E-state index contributed by atoms with van der Waals surface area (Å²) in [7, 11) is -2.22. The minimum absolute atomic E-state index is 0.662. The van der Waals surface area contributed by atoms with E-state index >= 15 is 0 Å². The average molecular weight is 143 g/mol. The summed E-state index contributed by atoms with van der Waals surface area (Å²) in [5.41, 5.74) is -1.37. The van der Waals surface area contributed by atoms with E-state index in [0.717, 1.165) is 0 Å². The van der Waals surface area contributed by atoms with Gasteiger partial charge in [-0.2, -0.15) is 0 Å². The highest BCUT2D eigenvalue weighted by molar-refractivity contribution is 6.59. The zero-order valence-corrected chi connectivity index (χ0v) is 4.92. The van der Waals surface area contributed by atoms with Gasteiger partial charge in [-0.25, -0.2) is 0 Å². The van der Waals surface area contributed by atoms with E-state index in [9.17, 15) is 0 Å². The highest BCUT2D eigenvalue weighted by Gasteiger charge is 2.12. The maximum atomic E-state index is 8.99. The molecule has 1 aromatic heterocycles.